The monoisotopic (exact) mass is 456 g/mol. The lowest BCUT2D eigenvalue weighted by molar-refractivity contribution is -0.113. The Balaban J connectivity index is 1.56. The highest BCUT2D eigenvalue weighted by Gasteiger charge is 2.35. The summed E-state index contributed by atoms with van der Waals surface area (Å²) in [5, 5.41) is 3.12. The summed E-state index contributed by atoms with van der Waals surface area (Å²) in [6.45, 7) is 2.09. The second-order valence-corrected chi connectivity index (χ2v) is 9.39. The Bertz CT molecular complexity index is 1250. The number of carbonyl (C=O) groups is 1. The summed E-state index contributed by atoms with van der Waals surface area (Å²) in [7, 11) is -2.18. The average molecular weight is 457 g/mol. The largest absolute Gasteiger partial charge is 0.497 e. The van der Waals surface area contributed by atoms with E-state index < -0.39 is 10.0 Å². The maximum Gasteiger partial charge on any atom is 0.268 e. The molecule has 0 saturated heterocycles. The molecule has 10 heteroatoms. The Hall–Kier alpha value is -3.11. The second-order valence-electron chi connectivity index (χ2n) is 6.62. The number of amides is 1. The van der Waals surface area contributed by atoms with Crippen LogP contribution in [0, 0.1) is 0 Å². The van der Waals surface area contributed by atoms with Gasteiger partial charge in [0.25, 0.3) is 10.0 Å². The van der Waals surface area contributed by atoms with Crippen molar-refractivity contribution in [3.8, 4) is 17.0 Å². The van der Waals surface area contributed by atoms with Crippen LogP contribution in [-0.2, 0) is 14.8 Å². The van der Waals surface area contributed by atoms with Gasteiger partial charge in [-0.1, -0.05) is 36.0 Å². The third-order valence-electron chi connectivity index (χ3n) is 4.70. The molecule has 0 radical (unpaired) electrons. The molecule has 4 rings (SSSR count). The number of carbonyl (C=O) groups excluding carboxylic acids is 1. The van der Waals surface area contributed by atoms with Gasteiger partial charge in [-0.05, 0) is 25.1 Å². The van der Waals surface area contributed by atoms with Gasteiger partial charge in [0.15, 0.2) is 5.16 Å². The first-order chi connectivity index (χ1) is 14.9. The van der Waals surface area contributed by atoms with Crippen molar-refractivity contribution in [1.82, 2.24) is 9.97 Å². The predicted octanol–water partition coefficient (Wildman–Crippen LogP) is 3.41. The fourth-order valence-corrected chi connectivity index (χ4v) is 5.51. The van der Waals surface area contributed by atoms with Crippen LogP contribution < -0.4 is 14.4 Å². The predicted molar refractivity (Wildman–Crippen MR) is 120 cm³/mol. The Labute approximate surface area is 184 Å². The molecule has 0 spiro atoms. The van der Waals surface area contributed by atoms with Gasteiger partial charge in [-0.15, -0.1) is 0 Å². The van der Waals surface area contributed by atoms with Crippen LogP contribution in [-0.4, -0.2) is 43.7 Å². The SMILES string of the molecule is CCN1c2ccccc2-c2nc(SCC(=O)Nc3cccc(OC)c3)ncc2S1(=O)=O. The van der Waals surface area contributed by atoms with Gasteiger partial charge in [0.2, 0.25) is 5.91 Å². The molecule has 0 bridgehead atoms. The van der Waals surface area contributed by atoms with Crippen molar-refractivity contribution in [1.29, 1.82) is 0 Å². The number of rotatable bonds is 6. The molecule has 0 unspecified atom stereocenters. The van der Waals surface area contributed by atoms with Crippen molar-refractivity contribution >= 4 is 39.1 Å². The van der Waals surface area contributed by atoms with Gasteiger partial charge in [0.05, 0.1) is 30.4 Å². The fourth-order valence-electron chi connectivity index (χ4n) is 3.31. The van der Waals surface area contributed by atoms with Gasteiger partial charge >= 0.3 is 0 Å². The van der Waals surface area contributed by atoms with Crippen LogP contribution in [0.1, 0.15) is 6.92 Å². The standard InChI is InChI=1S/C21H20N4O4S2/c1-3-25-17-10-5-4-9-16(17)20-18(31(25,27)28)12-22-21(24-20)30-13-19(26)23-14-7-6-8-15(11-14)29-2/h4-12H,3,13H2,1-2H3,(H,23,26). The smallest absolute Gasteiger partial charge is 0.268 e. The number of nitrogens with zero attached hydrogens (tertiary/aromatic N) is 3. The number of aromatic nitrogens is 2. The molecule has 3 aromatic rings. The van der Waals surface area contributed by atoms with Gasteiger partial charge in [0, 0.05) is 23.9 Å². The maximum absolute atomic E-state index is 13.0. The number of fused-ring (bicyclic) bond motifs is 3. The zero-order valence-corrected chi connectivity index (χ0v) is 18.5. The molecule has 1 aliphatic heterocycles. The Morgan fingerprint density at radius 2 is 2.00 bits per heavy atom. The third-order valence-corrected chi connectivity index (χ3v) is 7.45. The highest BCUT2D eigenvalue weighted by atomic mass is 32.2. The van der Waals surface area contributed by atoms with Crippen LogP contribution >= 0.6 is 11.8 Å². The molecule has 2 heterocycles. The van der Waals surface area contributed by atoms with Gasteiger partial charge in [-0.2, -0.15) is 0 Å². The number of nitrogens with one attached hydrogen (secondary N) is 1. The number of para-hydroxylation sites is 1. The minimum absolute atomic E-state index is 0.0678. The molecule has 160 valence electrons. The quantitative estimate of drug-likeness (QED) is 0.448. The van der Waals surface area contributed by atoms with Crippen LogP contribution in [0.2, 0.25) is 0 Å². The van der Waals surface area contributed by atoms with Crippen molar-refractivity contribution in [2.45, 2.75) is 17.0 Å². The zero-order chi connectivity index (χ0) is 22.0. The van der Waals surface area contributed by atoms with Gasteiger partial charge in [-0.3, -0.25) is 9.10 Å². The van der Waals surface area contributed by atoms with Crippen molar-refractivity contribution in [2.24, 2.45) is 0 Å². The number of sulfonamides is 1. The summed E-state index contributed by atoms with van der Waals surface area (Å²) in [5.74, 6) is 0.486. The number of hydrogen-bond donors (Lipinski definition) is 1. The number of benzene rings is 2. The lowest BCUT2D eigenvalue weighted by Gasteiger charge is -2.30. The van der Waals surface area contributed by atoms with E-state index in [1.807, 2.05) is 12.1 Å². The van der Waals surface area contributed by atoms with E-state index >= 15 is 0 Å². The summed E-state index contributed by atoms with van der Waals surface area (Å²) >= 11 is 1.14. The van der Waals surface area contributed by atoms with E-state index in [1.54, 1.807) is 50.4 Å². The Morgan fingerprint density at radius 1 is 1.19 bits per heavy atom. The number of hydrogen-bond acceptors (Lipinski definition) is 7. The summed E-state index contributed by atoms with van der Waals surface area (Å²) in [6, 6.07) is 14.3. The first kappa shape index (κ1) is 21.1. The fraction of sp³-hybridized carbons (Fsp3) is 0.190. The Kier molecular flexibility index (Phi) is 5.84. The minimum atomic E-state index is -3.73. The highest BCUT2D eigenvalue weighted by Crippen LogP contribution is 2.41. The van der Waals surface area contributed by atoms with Crippen LogP contribution in [0.15, 0.2) is 64.8 Å². The van der Waals surface area contributed by atoms with E-state index in [1.165, 1.54) is 10.5 Å². The van der Waals surface area contributed by atoms with Gasteiger partial charge < -0.3 is 10.1 Å². The lowest BCUT2D eigenvalue weighted by Crippen LogP contribution is -2.34. The van der Waals surface area contributed by atoms with E-state index in [2.05, 4.69) is 15.3 Å². The van der Waals surface area contributed by atoms with Crippen LogP contribution in [0.25, 0.3) is 11.3 Å². The van der Waals surface area contributed by atoms with Crippen molar-refractivity contribution in [3.05, 3.63) is 54.7 Å². The van der Waals surface area contributed by atoms with Crippen LogP contribution in [0.3, 0.4) is 0 Å². The van der Waals surface area contributed by atoms with E-state index in [0.29, 0.717) is 34.5 Å². The normalized spacial score (nSPS) is 13.8. The third kappa shape index (κ3) is 4.08. The molecule has 2 aromatic carbocycles. The van der Waals surface area contributed by atoms with Crippen LogP contribution in [0.5, 0.6) is 5.75 Å². The van der Waals surface area contributed by atoms with Gasteiger partial charge in [0.1, 0.15) is 10.6 Å². The van der Waals surface area contributed by atoms with Crippen molar-refractivity contribution < 1.29 is 17.9 Å². The molecule has 1 aromatic heterocycles. The number of anilines is 2. The van der Waals surface area contributed by atoms with E-state index in [-0.39, 0.29) is 16.6 Å². The molecule has 0 saturated carbocycles. The summed E-state index contributed by atoms with van der Waals surface area (Å²) < 4.78 is 32.5. The molecule has 0 fully saturated rings. The van der Waals surface area contributed by atoms with Crippen molar-refractivity contribution in [2.75, 3.05) is 29.0 Å². The van der Waals surface area contributed by atoms with E-state index in [4.69, 9.17) is 4.74 Å². The molecule has 1 N–H and O–H groups in total. The maximum atomic E-state index is 13.0. The van der Waals surface area contributed by atoms with Crippen LogP contribution in [0.4, 0.5) is 11.4 Å². The number of thioether (sulfide) groups is 1. The molecule has 0 aliphatic carbocycles. The molecule has 0 atom stereocenters. The first-order valence-electron chi connectivity index (χ1n) is 9.50. The number of ether oxygens (including phenoxy) is 1. The van der Waals surface area contributed by atoms with Gasteiger partial charge in [-0.25, -0.2) is 18.4 Å². The highest BCUT2D eigenvalue weighted by molar-refractivity contribution is 7.99. The number of methoxy groups -OCH3 is 1. The summed E-state index contributed by atoms with van der Waals surface area (Å²) in [6.07, 6.45) is 1.32. The second kappa shape index (κ2) is 8.56. The average Bonchev–Trinajstić information content (AvgIpc) is 2.78. The first-order valence-corrected chi connectivity index (χ1v) is 11.9. The Morgan fingerprint density at radius 3 is 2.77 bits per heavy atom. The minimum Gasteiger partial charge on any atom is -0.497 e. The topological polar surface area (TPSA) is 101 Å². The van der Waals surface area contributed by atoms with E-state index in [0.717, 1.165) is 17.3 Å². The molecular weight excluding hydrogens is 436 g/mol. The summed E-state index contributed by atoms with van der Waals surface area (Å²) in [5.41, 5.74) is 2.28. The van der Waals surface area contributed by atoms with E-state index in [9.17, 15) is 13.2 Å². The zero-order valence-electron chi connectivity index (χ0n) is 16.9. The molecule has 31 heavy (non-hydrogen) atoms. The van der Waals surface area contributed by atoms with Crippen molar-refractivity contribution in [3.63, 3.8) is 0 Å². The molecule has 1 amide bonds. The molecule has 1 aliphatic rings. The lowest BCUT2D eigenvalue weighted by atomic mass is 10.1. The molecular formula is C21H20N4O4S2. The summed E-state index contributed by atoms with van der Waals surface area (Å²) in [4.78, 5) is 21.0. The molecule has 8 nitrogen and oxygen atoms in total.